The normalized spacial score (nSPS) is 27.1. The SMILES string of the molecule is CC(CO)(CO)NC1CCCCCC1C#N. The molecule has 2 unspecified atom stereocenters. The zero-order valence-electron chi connectivity index (χ0n) is 9.95. The summed E-state index contributed by atoms with van der Waals surface area (Å²) in [4.78, 5) is 0. The molecule has 0 bridgehead atoms. The van der Waals surface area contributed by atoms with Crippen LogP contribution in [-0.4, -0.2) is 35.0 Å². The topological polar surface area (TPSA) is 76.3 Å². The lowest BCUT2D eigenvalue weighted by Gasteiger charge is -2.33. The van der Waals surface area contributed by atoms with E-state index in [1.54, 1.807) is 6.92 Å². The smallest absolute Gasteiger partial charge is 0.0672 e. The van der Waals surface area contributed by atoms with Crippen LogP contribution in [-0.2, 0) is 0 Å². The van der Waals surface area contributed by atoms with Gasteiger partial charge in [0.1, 0.15) is 0 Å². The molecule has 0 radical (unpaired) electrons. The van der Waals surface area contributed by atoms with E-state index >= 15 is 0 Å². The molecule has 0 aromatic rings. The van der Waals surface area contributed by atoms with Crippen molar-refractivity contribution in [2.24, 2.45) is 5.92 Å². The lowest BCUT2D eigenvalue weighted by molar-refractivity contribution is 0.0875. The van der Waals surface area contributed by atoms with Crippen molar-refractivity contribution in [2.45, 2.75) is 50.6 Å². The number of hydrogen-bond donors (Lipinski definition) is 3. The first-order valence-electron chi connectivity index (χ1n) is 6.04. The second-order valence-corrected chi connectivity index (χ2v) is 5.00. The van der Waals surface area contributed by atoms with E-state index in [4.69, 9.17) is 5.26 Å². The summed E-state index contributed by atoms with van der Waals surface area (Å²) in [7, 11) is 0. The number of nitriles is 1. The maximum atomic E-state index is 9.24. The summed E-state index contributed by atoms with van der Waals surface area (Å²) < 4.78 is 0. The van der Waals surface area contributed by atoms with E-state index in [1.165, 1.54) is 6.42 Å². The predicted octanol–water partition coefficient (Wildman–Crippen LogP) is 0.792. The lowest BCUT2D eigenvalue weighted by Crippen LogP contribution is -2.55. The Kier molecular flexibility index (Phi) is 5.20. The summed E-state index contributed by atoms with van der Waals surface area (Å²) in [6, 6.07) is 2.43. The van der Waals surface area contributed by atoms with Crippen molar-refractivity contribution in [2.75, 3.05) is 13.2 Å². The molecule has 4 nitrogen and oxygen atoms in total. The van der Waals surface area contributed by atoms with Crippen LogP contribution in [0.1, 0.15) is 39.0 Å². The molecule has 0 aromatic carbocycles. The molecule has 1 aliphatic rings. The number of aliphatic hydroxyl groups is 2. The molecular weight excluding hydrogens is 204 g/mol. The third-order valence-electron chi connectivity index (χ3n) is 3.41. The first-order valence-corrected chi connectivity index (χ1v) is 6.04. The van der Waals surface area contributed by atoms with Crippen LogP contribution in [0, 0.1) is 17.2 Å². The Bertz CT molecular complexity index is 246. The molecule has 0 heterocycles. The van der Waals surface area contributed by atoms with Crippen LogP contribution in [0.3, 0.4) is 0 Å². The number of hydrogen-bond acceptors (Lipinski definition) is 4. The highest BCUT2D eigenvalue weighted by molar-refractivity contribution is 4.97. The van der Waals surface area contributed by atoms with Gasteiger partial charge < -0.3 is 15.5 Å². The summed E-state index contributed by atoms with van der Waals surface area (Å²) in [5.41, 5.74) is -0.676. The van der Waals surface area contributed by atoms with Crippen molar-refractivity contribution in [3.05, 3.63) is 0 Å². The summed E-state index contributed by atoms with van der Waals surface area (Å²) in [6.07, 6.45) is 5.26. The molecule has 0 aliphatic heterocycles. The van der Waals surface area contributed by atoms with Gasteiger partial charge in [-0.3, -0.25) is 0 Å². The highest BCUT2D eigenvalue weighted by Gasteiger charge is 2.31. The van der Waals surface area contributed by atoms with E-state index in [0.29, 0.717) is 0 Å². The van der Waals surface area contributed by atoms with E-state index in [9.17, 15) is 10.2 Å². The molecule has 0 aromatic heterocycles. The second kappa shape index (κ2) is 6.19. The van der Waals surface area contributed by atoms with Gasteiger partial charge in [0, 0.05) is 6.04 Å². The molecule has 1 saturated carbocycles. The van der Waals surface area contributed by atoms with E-state index < -0.39 is 5.54 Å². The van der Waals surface area contributed by atoms with Crippen LogP contribution >= 0.6 is 0 Å². The molecule has 0 saturated heterocycles. The van der Waals surface area contributed by atoms with E-state index in [-0.39, 0.29) is 25.2 Å². The molecule has 1 rings (SSSR count). The van der Waals surface area contributed by atoms with E-state index in [1.807, 2.05) is 0 Å². The van der Waals surface area contributed by atoms with Crippen molar-refractivity contribution in [1.29, 1.82) is 5.26 Å². The summed E-state index contributed by atoms with van der Waals surface area (Å²) in [6.45, 7) is 1.56. The number of aliphatic hydroxyl groups excluding tert-OH is 2. The second-order valence-electron chi connectivity index (χ2n) is 5.00. The Labute approximate surface area is 97.3 Å². The van der Waals surface area contributed by atoms with Crippen molar-refractivity contribution >= 4 is 0 Å². The quantitative estimate of drug-likeness (QED) is 0.619. The summed E-state index contributed by atoms with van der Waals surface area (Å²) in [5, 5.41) is 30.8. The van der Waals surface area contributed by atoms with Crippen molar-refractivity contribution in [1.82, 2.24) is 5.32 Å². The zero-order chi connectivity index (χ0) is 12.0. The molecule has 0 amide bonds. The van der Waals surface area contributed by atoms with Crippen LogP contribution in [0.4, 0.5) is 0 Å². The van der Waals surface area contributed by atoms with Gasteiger partial charge >= 0.3 is 0 Å². The molecule has 4 heteroatoms. The minimum absolute atomic E-state index is 0.0000694. The fourth-order valence-electron chi connectivity index (χ4n) is 2.22. The molecule has 16 heavy (non-hydrogen) atoms. The minimum Gasteiger partial charge on any atom is -0.394 e. The highest BCUT2D eigenvalue weighted by atomic mass is 16.3. The molecule has 1 fully saturated rings. The van der Waals surface area contributed by atoms with Gasteiger partial charge in [-0.1, -0.05) is 19.3 Å². The molecule has 3 N–H and O–H groups in total. The van der Waals surface area contributed by atoms with Crippen LogP contribution in [0.15, 0.2) is 0 Å². The summed E-state index contributed by atoms with van der Waals surface area (Å²) in [5.74, 6) is -0.0000694. The van der Waals surface area contributed by atoms with Gasteiger partial charge in [0.2, 0.25) is 0 Å². The Morgan fingerprint density at radius 3 is 2.44 bits per heavy atom. The Hall–Kier alpha value is -0.630. The van der Waals surface area contributed by atoms with Gasteiger partial charge in [-0.15, -0.1) is 0 Å². The monoisotopic (exact) mass is 226 g/mol. The molecular formula is C12H22N2O2. The maximum Gasteiger partial charge on any atom is 0.0672 e. The predicted molar refractivity (Wildman–Crippen MR) is 61.7 cm³/mol. The van der Waals surface area contributed by atoms with Crippen LogP contribution in [0.2, 0.25) is 0 Å². The number of nitrogens with zero attached hydrogens (tertiary/aromatic N) is 1. The van der Waals surface area contributed by atoms with Crippen LogP contribution < -0.4 is 5.32 Å². The van der Waals surface area contributed by atoms with Crippen LogP contribution in [0.25, 0.3) is 0 Å². The Morgan fingerprint density at radius 1 is 1.25 bits per heavy atom. The van der Waals surface area contributed by atoms with Gasteiger partial charge in [-0.25, -0.2) is 0 Å². The van der Waals surface area contributed by atoms with Crippen molar-refractivity contribution in [3.8, 4) is 6.07 Å². The number of nitrogens with one attached hydrogen (secondary N) is 1. The summed E-state index contributed by atoms with van der Waals surface area (Å²) >= 11 is 0. The molecule has 2 atom stereocenters. The van der Waals surface area contributed by atoms with E-state index in [2.05, 4.69) is 11.4 Å². The molecule has 0 spiro atoms. The van der Waals surface area contributed by atoms with E-state index in [0.717, 1.165) is 25.7 Å². The van der Waals surface area contributed by atoms with Crippen molar-refractivity contribution in [3.63, 3.8) is 0 Å². The minimum atomic E-state index is -0.676. The fraction of sp³-hybridized carbons (Fsp3) is 0.917. The molecule has 1 aliphatic carbocycles. The highest BCUT2D eigenvalue weighted by Crippen LogP contribution is 2.24. The number of rotatable bonds is 4. The van der Waals surface area contributed by atoms with Crippen LogP contribution in [0.5, 0.6) is 0 Å². The fourth-order valence-corrected chi connectivity index (χ4v) is 2.22. The molecule has 92 valence electrons. The van der Waals surface area contributed by atoms with Gasteiger partial charge in [-0.05, 0) is 19.8 Å². The van der Waals surface area contributed by atoms with Gasteiger partial charge in [0.15, 0.2) is 0 Å². The maximum absolute atomic E-state index is 9.24. The first-order chi connectivity index (χ1) is 7.65. The standard InChI is InChI=1S/C12H22N2O2/c1-12(8-15,9-16)14-11-6-4-2-3-5-10(11)7-13/h10-11,14-16H,2-6,8-9H2,1H3. The lowest BCUT2D eigenvalue weighted by atomic mass is 9.93. The average molecular weight is 226 g/mol. The average Bonchev–Trinajstić information content (AvgIpc) is 2.54. The third-order valence-corrected chi connectivity index (χ3v) is 3.41. The third kappa shape index (κ3) is 3.44. The van der Waals surface area contributed by atoms with Gasteiger partial charge in [-0.2, -0.15) is 5.26 Å². The largest absolute Gasteiger partial charge is 0.394 e. The van der Waals surface area contributed by atoms with Crippen molar-refractivity contribution < 1.29 is 10.2 Å². The Balaban J connectivity index is 2.64. The van der Waals surface area contributed by atoms with Gasteiger partial charge in [0.05, 0.1) is 30.7 Å². The van der Waals surface area contributed by atoms with Gasteiger partial charge in [0.25, 0.3) is 0 Å². The first kappa shape index (κ1) is 13.4. The zero-order valence-corrected chi connectivity index (χ0v) is 9.95. The Morgan fingerprint density at radius 2 is 1.88 bits per heavy atom.